The molecule has 3 aromatic rings. The lowest BCUT2D eigenvalue weighted by molar-refractivity contribution is 0.103. The van der Waals surface area contributed by atoms with Crippen LogP contribution in [0.5, 0.6) is 0 Å². The zero-order chi connectivity index (χ0) is 17.3. The van der Waals surface area contributed by atoms with Gasteiger partial charge in [0.2, 0.25) is 0 Å². The van der Waals surface area contributed by atoms with Crippen LogP contribution in [0.3, 0.4) is 0 Å². The molecule has 0 bridgehead atoms. The van der Waals surface area contributed by atoms with Gasteiger partial charge in [-0.3, -0.25) is 9.36 Å². The molecule has 0 aliphatic rings. The van der Waals surface area contributed by atoms with E-state index in [-0.39, 0.29) is 17.5 Å². The van der Waals surface area contributed by atoms with E-state index in [1.54, 1.807) is 16.7 Å². The van der Waals surface area contributed by atoms with E-state index >= 15 is 0 Å². The highest BCUT2D eigenvalue weighted by molar-refractivity contribution is 7.73. The number of carbonyl (C=O) groups excluding carboxylic acids is 1. The van der Waals surface area contributed by atoms with E-state index in [9.17, 15) is 9.18 Å². The summed E-state index contributed by atoms with van der Waals surface area (Å²) < 4.78 is 15.1. The Bertz CT molecular complexity index is 961. The van der Waals surface area contributed by atoms with Gasteiger partial charge in [-0.25, -0.2) is 4.39 Å². The molecule has 1 heterocycles. The van der Waals surface area contributed by atoms with Gasteiger partial charge in [0.05, 0.1) is 0 Å². The summed E-state index contributed by atoms with van der Waals surface area (Å²) in [4.78, 5) is 12.9. The van der Waals surface area contributed by atoms with E-state index in [4.69, 9.17) is 18.0 Å². The molecular weight excluding hydrogens is 345 g/mol. The van der Waals surface area contributed by atoms with E-state index in [1.165, 1.54) is 12.1 Å². The van der Waals surface area contributed by atoms with E-state index < -0.39 is 0 Å². The predicted octanol–water partition coefficient (Wildman–Crippen LogP) is 4.55. The molecule has 1 amide bonds. The number of carbonyl (C=O) groups is 1. The number of para-hydroxylation sites is 1. The van der Waals surface area contributed by atoms with Crippen molar-refractivity contribution in [1.82, 2.24) is 4.57 Å². The number of hydrogen-bond acceptors (Lipinski definition) is 4. The van der Waals surface area contributed by atoms with Crippen molar-refractivity contribution in [3.05, 3.63) is 68.7 Å². The summed E-state index contributed by atoms with van der Waals surface area (Å²) in [7, 11) is 0. The zero-order valence-electron chi connectivity index (χ0n) is 12.7. The molecule has 0 unspecified atom stereocenters. The molecule has 4 nitrogen and oxygen atoms in total. The van der Waals surface area contributed by atoms with E-state index in [2.05, 4.69) is 5.32 Å². The second-order valence-corrected chi connectivity index (χ2v) is 6.81. The van der Waals surface area contributed by atoms with Crippen molar-refractivity contribution in [2.75, 3.05) is 11.1 Å². The van der Waals surface area contributed by atoms with Gasteiger partial charge in [-0.2, -0.15) is 0 Å². The first kappa shape index (κ1) is 16.4. The first-order valence-corrected chi connectivity index (χ1v) is 8.34. The third-order valence-corrected chi connectivity index (χ3v) is 4.92. The number of hydrogen-bond donors (Lipinski definition) is 2. The molecule has 0 spiro atoms. The average Bonchev–Trinajstić information content (AvgIpc) is 2.85. The minimum atomic E-state index is -0.350. The number of amides is 1. The number of halogens is 1. The van der Waals surface area contributed by atoms with Gasteiger partial charge in [-0.15, -0.1) is 0 Å². The molecule has 0 atom stereocenters. The number of aromatic nitrogens is 1. The molecule has 2 aromatic carbocycles. The van der Waals surface area contributed by atoms with Crippen molar-refractivity contribution in [3.8, 4) is 5.69 Å². The molecule has 3 N–H and O–H groups in total. The molecule has 0 saturated heterocycles. The summed E-state index contributed by atoms with van der Waals surface area (Å²) in [5.74, 6) is -0.432. The third-order valence-electron chi connectivity index (χ3n) is 3.53. The quantitative estimate of drug-likeness (QED) is 0.675. The maximum atomic E-state index is 13.1. The topological polar surface area (TPSA) is 60.0 Å². The lowest BCUT2D eigenvalue weighted by atomic mass is 10.2. The van der Waals surface area contributed by atoms with Crippen molar-refractivity contribution < 1.29 is 9.18 Å². The molecule has 122 valence electrons. The molecule has 0 aliphatic heterocycles. The van der Waals surface area contributed by atoms with Crippen LogP contribution in [0.25, 0.3) is 5.69 Å². The molecule has 0 saturated carbocycles. The van der Waals surface area contributed by atoms with Crippen LogP contribution >= 0.6 is 23.6 Å². The smallest absolute Gasteiger partial charge is 0.269 e. The Morgan fingerprint density at radius 3 is 2.54 bits per heavy atom. The number of nitrogens with two attached hydrogens (primary N) is 1. The zero-order valence-corrected chi connectivity index (χ0v) is 14.4. The number of aryl methyl sites for hydroxylation is 1. The Labute approximate surface area is 147 Å². The van der Waals surface area contributed by atoms with E-state index in [1.807, 2.05) is 31.2 Å². The number of rotatable bonds is 3. The number of nitrogens with zero attached hydrogens (tertiary/aromatic N) is 1. The van der Waals surface area contributed by atoms with Crippen molar-refractivity contribution in [1.29, 1.82) is 0 Å². The largest absolute Gasteiger partial charge is 0.383 e. The summed E-state index contributed by atoms with van der Waals surface area (Å²) in [6.45, 7) is 1.91. The van der Waals surface area contributed by atoms with Gasteiger partial charge >= 0.3 is 0 Å². The minimum Gasteiger partial charge on any atom is -0.383 e. The van der Waals surface area contributed by atoms with Gasteiger partial charge in [-0.1, -0.05) is 29.5 Å². The molecule has 3 rings (SSSR count). The number of thiazole rings is 1. The van der Waals surface area contributed by atoms with Crippen LogP contribution in [0.1, 0.15) is 15.2 Å². The Hall–Kier alpha value is -2.51. The fourth-order valence-corrected chi connectivity index (χ4v) is 3.54. The fraction of sp³-hybridized carbons (Fsp3) is 0.0588. The molecule has 0 radical (unpaired) electrons. The van der Waals surface area contributed by atoms with Crippen LogP contribution in [0.15, 0.2) is 48.5 Å². The normalized spacial score (nSPS) is 10.6. The summed E-state index contributed by atoms with van der Waals surface area (Å²) in [6.07, 6.45) is 0. The Kier molecular flexibility index (Phi) is 4.46. The maximum Gasteiger partial charge on any atom is 0.269 e. The van der Waals surface area contributed by atoms with Crippen molar-refractivity contribution in [2.24, 2.45) is 0 Å². The lowest BCUT2D eigenvalue weighted by Gasteiger charge is -2.08. The maximum absolute atomic E-state index is 13.1. The lowest BCUT2D eigenvalue weighted by Crippen LogP contribution is -2.14. The predicted molar refractivity (Wildman–Crippen MR) is 98.0 cm³/mol. The monoisotopic (exact) mass is 359 g/mol. The highest BCUT2D eigenvalue weighted by atomic mass is 32.1. The molecule has 0 fully saturated rings. The first-order valence-electron chi connectivity index (χ1n) is 7.11. The van der Waals surface area contributed by atoms with Crippen molar-refractivity contribution in [3.63, 3.8) is 0 Å². The molecular formula is C17H14FN3OS2. The number of anilines is 2. The van der Waals surface area contributed by atoms with Gasteiger partial charge in [0.15, 0.2) is 3.95 Å². The van der Waals surface area contributed by atoms with Crippen LogP contribution in [0.2, 0.25) is 0 Å². The summed E-state index contributed by atoms with van der Waals surface area (Å²) in [5.41, 5.74) is 8.40. The van der Waals surface area contributed by atoms with Crippen LogP contribution in [-0.4, -0.2) is 10.5 Å². The average molecular weight is 359 g/mol. The van der Waals surface area contributed by atoms with Crippen LogP contribution in [0, 0.1) is 16.7 Å². The second-order valence-electron chi connectivity index (χ2n) is 5.16. The first-order chi connectivity index (χ1) is 11.5. The van der Waals surface area contributed by atoms with Crippen LogP contribution in [0.4, 0.5) is 15.9 Å². The van der Waals surface area contributed by atoms with Gasteiger partial charge < -0.3 is 11.1 Å². The molecule has 0 aliphatic carbocycles. The van der Waals surface area contributed by atoms with Gasteiger partial charge in [-0.05, 0) is 55.0 Å². The summed E-state index contributed by atoms with van der Waals surface area (Å²) in [5, 5.41) is 2.84. The van der Waals surface area contributed by atoms with Gasteiger partial charge in [0, 0.05) is 11.4 Å². The molecule has 7 heteroatoms. The molecule has 1 aromatic heterocycles. The van der Waals surface area contributed by atoms with Crippen molar-refractivity contribution in [2.45, 2.75) is 6.92 Å². The standard InChI is InChI=1S/C17H14FN3OS2/c1-10-4-2-3-5-13(10)20-16(22)14-15(19)21(17(23)24-14)12-8-6-11(18)7-9-12/h2-9H,19H2,1H3,(H,20,22). The summed E-state index contributed by atoms with van der Waals surface area (Å²) >= 11 is 6.43. The highest BCUT2D eigenvalue weighted by Gasteiger charge is 2.18. The summed E-state index contributed by atoms with van der Waals surface area (Å²) in [6, 6.07) is 13.2. The van der Waals surface area contributed by atoms with Crippen LogP contribution in [-0.2, 0) is 0 Å². The van der Waals surface area contributed by atoms with Crippen molar-refractivity contribution >= 4 is 41.0 Å². The second kappa shape index (κ2) is 6.54. The number of nitrogens with one attached hydrogen (secondary N) is 1. The fourth-order valence-electron chi connectivity index (χ4n) is 2.27. The Morgan fingerprint density at radius 2 is 1.88 bits per heavy atom. The van der Waals surface area contributed by atoms with Gasteiger partial charge in [0.1, 0.15) is 16.5 Å². The van der Waals surface area contributed by atoms with E-state index in [0.717, 1.165) is 22.6 Å². The molecule has 24 heavy (non-hydrogen) atoms. The number of nitrogen functional groups attached to an aromatic ring is 1. The minimum absolute atomic E-state index is 0.239. The SMILES string of the molecule is Cc1ccccc1NC(=O)c1sc(=S)n(-c2ccc(F)cc2)c1N. The third kappa shape index (κ3) is 3.08. The Morgan fingerprint density at radius 1 is 1.21 bits per heavy atom. The van der Waals surface area contributed by atoms with E-state index in [0.29, 0.717) is 14.5 Å². The van der Waals surface area contributed by atoms with Gasteiger partial charge in [0.25, 0.3) is 5.91 Å². The highest BCUT2D eigenvalue weighted by Crippen LogP contribution is 2.27. The number of benzene rings is 2. The van der Waals surface area contributed by atoms with Crippen LogP contribution < -0.4 is 11.1 Å². The Balaban J connectivity index is 1.97.